The van der Waals surface area contributed by atoms with Crippen molar-refractivity contribution in [2.45, 2.75) is 38.8 Å². The van der Waals surface area contributed by atoms with Crippen molar-refractivity contribution in [3.63, 3.8) is 0 Å². The Morgan fingerprint density at radius 3 is 2.75 bits per heavy atom. The third kappa shape index (κ3) is 4.21. The zero-order valence-corrected chi connectivity index (χ0v) is 14.5. The molecule has 1 aromatic carbocycles. The standard InChI is InChI=1S/C16H25BrN2O/c1-15(2)12-19(16(3,4)11-18-15)8-9-20-14-7-5-6-13(17)10-14/h5-7,10,18H,8-9,11-12H2,1-4H3. The number of hydrogen-bond donors (Lipinski definition) is 1. The van der Waals surface area contributed by atoms with Crippen LogP contribution in [0.4, 0.5) is 0 Å². The van der Waals surface area contributed by atoms with Gasteiger partial charge >= 0.3 is 0 Å². The maximum Gasteiger partial charge on any atom is 0.120 e. The van der Waals surface area contributed by atoms with E-state index in [9.17, 15) is 0 Å². The lowest BCUT2D eigenvalue weighted by molar-refractivity contribution is 0.0290. The first kappa shape index (κ1) is 15.8. The second kappa shape index (κ2) is 6.04. The Kier molecular flexibility index (Phi) is 4.77. The third-order valence-electron chi connectivity index (χ3n) is 3.87. The number of ether oxygens (including phenoxy) is 1. The zero-order chi connectivity index (χ0) is 14.8. The lowest BCUT2D eigenvalue weighted by Crippen LogP contribution is -2.66. The summed E-state index contributed by atoms with van der Waals surface area (Å²) in [6.07, 6.45) is 0. The molecule has 0 saturated carbocycles. The molecule has 0 amide bonds. The van der Waals surface area contributed by atoms with Gasteiger partial charge in [0.05, 0.1) is 0 Å². The molecule has 1 fully saturated rings. The summed E-state index contributed by atoms with van der Waals surface area (Å²) in [6, 6.07) is 8.01. The van der Waals surface area contributed by atoms with Crippen molar-refractivity contribution in [2.24, 2.45) is 0 Å². The van der Waals surface area contributed by atoms with Gasteiger partial charge in [0.2, 0.25) is 0 Å². The van der Waals surface area contributed by atoms with Crippen LogP contribution in [-0.2, 0) is 0 Å². The molecule has 3 nitrogen and oxygen atoms in total. The van der Waals surface area contributed by atoms with Crippen molar-refractivity contribution in [1.29, 1.82) is 0 Å². The van der Waals surface area contributed by atoms with Crippen LogP contribution in [0.15, 0.2) is 28.7 Å². The number of benzene rings is 1. The molecule has 0 bridgehead atoms. The molecular formula is C16H25BrN2O. The average Bonchev–Trinajstić information content (AvgIpc) is 2.34. The Morgan fingerprint density at radius 2 is 2.05 bits per heavy atom. The van der Waals surface area contributed by atoms with E-state index in [2.05, 4.69) is 53.8 Å². The molecule has 1 saturated heterocycles. The maximum absolute atomic E-state index is 5.86. The van der Waals surface area contributed by atoms with Crippen molar-refractivity contribution >= 4 is 15.9 Å². The average molecular weight is 341 g/mol. The summed E-state index contributed by atoms with van der Waals surface area (Å²) in [5, 5.41) is 3.61. The van der Waals surface area contributed by atoms with Crippen LogP contribution in [0, 0.1) is 0 Å². The molecule has 2 rings (SSSR count). The molecule has 1 aromatic rings. The Balaban J connectivity index is 1.89. The lowest BCUT2D eigenvalue weighted by atomic mass is 9.91. The molecule has 1 N–H and O–H groups in total. The van der Waals surface area contributed by atoms with Gasteiger partial charge in [0.15, 0.2) is 0 Å². The Morgan fingerprint density at radius 1 is 1.30 bits per heavy atom. The molecule has 1 aliphatic heterocycles. The molecular weight excluding hydrogens is 316 g/mol. The SMILES string of the molecule is CC1(C)CN(CCOc2cccc(Br)c2)C(C)(C)CN1. The summed E-state index contributed by atoms with van der Waals surface area (Å²) in [7, 11) is 0. The van der Waals surface area contributed by atoms with Crippen molar-refractivity contribution < 1.29 is 4.74 Å². The summed E-state index contributed by atoms with van der Waals surface area (Å²) in [4.78, 5) is 2.52. The number of nitrogens with zero attached hydrogens (tertiary/aromatic N) is 1. The van der Waals surface area contributed by atoms with E-state index < -0.39 is 0 Å². The van der Waals surface area contributed by atoms with Gasteiger partial charge < -0.3 is 10.1 Å². The fraction of sp³-hybridized carbons (Fsp3) is 0.625. The minimum atomic E-state index is 0.172. The van der Waals surface area contributed by atoms with Gasteiger partial charge in [0, 0.05) is 35.2 Å². The van der Waals surface area contributed by atoms with Crippen LogP contribution >= 0.6 is 15.9 Å². The number of nitrogens with one attached hydrogen (secondary N) is 1. The summed E-state index contributed by atoms with van der Waals surface area (Å²) in [6.45, 7) is 12.8. The van der Waals surface area contributed by atoms with Gasteiger partial charge in [-0.3, -0.25) is 4.90 Å². The first-order chi connectivity index (χ1) is 9.28. The highest BCUT2D eigenvalue weighted by Crippen LogP contribution is 2.23. The van der Waals surface area contributed by atoms with E-state index in [4.69, 9.17) is 4.74 Å². The maximum atomic E-state index is 5.86. The van der Waals surface area contributed by atoms with Crippen LogP contribution in [-0.4, -0.2) is 42.2 Å². The minimum Gasteiger partial charge on any atom is -0.492 e. The molecule has 0 unspecified atom stereocenters. The minimum absolute atomic E-state index is 0.172. The van der Waals surface area contributed by atoms with Gasteiger partial charge in [-0.15, -0.1) is 0 Å². The van der Waals surface area contributed by atoms with Crippen molar-refractivity contribution in [1.82, 2.24) is 10.2 Å². The van der Waals surface area contributed by atoms with E-state index in [1.54, 1.807) is 0 Å². The van der Waals surface area contributed by atoms with Gasteiger partial charge in [0.25, 0.3) is 0 Å². The van der Waals surface area contributed by atoms with E-state index >= 15 is 0 Å². The first-order valence-corrected chi connectivity index (χ1v) is 7.96. The fourth-order valence-corrected chi connectivity index (χ4v) is 2.90. The van der Waals surface area contributed by atoms with E-state index in [0.717, 1.165) is 36.5 Å². The Hall–Kier alpha value is -0.580. The van der Waals surface area contributed by atoms with Gasteiger partial charge in [0.1, 0.15) is 12.4 Å². The molecule has 0 spiro atoms. The normalized spacial score (nSPS) is 21.6. The van der Waals surface area contributed by atoms with Crippen LogP contribution in [0.25, 0.3) is 0 Å². The van der Waals surface area contributed by atoms with Crippen LogP contribution in [0.2, 0.25) is 0 Å². The summed E-state index contributed by atoms with van der Waals surface area (Å²) in [5.74, 6) is 0.923. The lowest BCUT2D eigenvalue weighted by Gasteiger charge is -2.49. The fourth-order valence-electron chi connectivity index (χ4n) is 2.53. The topological polar surface area (TPSA) is 24.5 Å². The molecule has 0 aromatic heterocycles. The number of piperazine rings is 1. The predicted molar refractivity (Wildman–Crippen MR) is 87.4 cm³/mol. The van der Waals surface area contributed by atoms with Crippen LogP contribution < -0.4 is 10.1 Å². The monoisotopic (exact) mass is 340 g/mol. The van der Waals surface area contributed by atoms with Gasteiger partial charge in [-0.25, -0.2) is 0 Å². The predicted octanol–water partition coefficient (Wildman–Crippen LogP) is 3.29. The van der Waals surface area contributed by atoms with E-state index in [1.165, 1.54) is 0 Å². The molecule has 0 atom stereocenters. The van der Waals surface area contributed by atoms with Crippen LogP contribution in [0.1, 0.15) is 27.7 Å². The molecule has 0 aliphatic carbocycles. The number of halogens is 1. The molecule has 1 aliphatic rings. The highest BCUT2D eigenvalue weighted by molar-refractivity contribution is 9.10. The molecule has 4 heteroatoms. The highest BCUT2D eigenvalue weighted by Gasteiger charge is 2.37. The second-order valence-corrected chi connectivity index (χ2v) is 7.69. The smallest absolute Gasteiger partial charge is 0.120 e. The summed E-state index contributed by atoms with van der Waals surface area (Å²) >= 11 is 3.46. The largest absolute Gasteiger partial charge is 0.492 e. The van der Waals surface area contributed by atoms with E-state index in [1.807, 2.05) is 24.3 Å². The molecule has 20 heavy (non-hydrogen) atoms. The van der Waals surface area contributed by atoms with Crippen molar-refractivity contribution in [3.05, 3.63) is 28.7 Å². The quantitative estimate of drug-likeness (QED) is 0.910. The molecule has 1 heterocycles. The number of rotatable bonds is 4. The summed E-state index contributed by atoms with van der Waals surface area (Å²) < 4.78 is 6.91. The second-order valence-electron chi connectivity index (χ2n) is 6.78. The zero-order valence-electron chi connectivity index (χ0n) is 12.9. The third-order valence-corrected chi connectivity index (χ3v) is 4.36. The van der Waals surface area contributed by atoms with Gasteiger partial charge in [-0.1, -0.05) is 22.0 Å². The summed E-state index contributed by atoms with van der Waals surface area (Å²) in [5.41, 5.74) is 0.349. The Bertz CT molecular complexity index is 460. The van der Waals surface area contributed by atoms with Crippen LogP contribution in [0.3, 0.4) is 0 Å². The van der Waals surface area contributed by atoms with E-state index in [-0.39, 0.29) is 11.1 Å². The van der Waals surface area contributed by atoms with Gasteiger partial charge in [-0.05, 0) is 45.9 Å². The van der Waals surface area contributed by atoms with Gasteiger partial charge in [-0.2, -0.15) is 0 Å². The van der Waals surface area contributed by atoms with E-state index in [0.29, 0.717) is 0 Å². The Labute approximate surface area is 130 Å². The van der Waals surface area contributed by atoms with Crippen molar-refractivity contribution in [2.75, 3.05) is 26.2 Å². The molecule has 0 radical (unpaired) electrons. The highest BCUT2D eigenvalue weighted by atomic mass is 79.9. The first-order valence-electron chi connectivity index (χ1n) is 7.17. The molecule has 112 valence electrons. The number of hydrogen-bond acceptors (Lipinski definition) is 3. The van der Waals surface area contributed by atoms with Crippen LogP contribution in [0.5, 0.6) is 5.75 Å². The van der Waals surface area contributed by atoms with Crippen molar-refractivity contribution in [3.8, 4) is 5.75 Å².